The smallest absolute Gasteiger partial charge is 0.257 e. The molecule has 31 heavy (non-hydrogen) atoms. The Kier molecular flexibility index (Phi) is 5.79. The molecule has 8 heteroatoms. The molecule has 8 nitrogen and oxygen atoms in total. The van der Waals surface area contributed by atoms with Gasteiger partial charge < -0.3 is 10.6 Å². The quantitative estimate of drug-likeness (QED) is 0.505. The number of aromatic nitrogens is 4. The van der Waals surface area contributed by atoms with Gasteiger partial charge in [0.2, 0.25) is 5.91 Å². The van der Waals surface area contributed by atoms with Gasteiger partial charge in [-0.15, -0.1) is 5.10 Å². The van der Waals surface area contributed by atoms with Crippen LogP contribution >= 0.6 is 0 Å². The van der Waals surface area contributed by atoms with E-state index in [1.165, 1.54) is 11.0 Å². The summed E-state index contributed by atoms with van der Waals surface area (Å²) in [4.78, 5) is 25.3. The lowest BCUT2D eigenvalue weighted by Crippen LogP contribution is -2.19. The Morgan fingerprint density at radius 2 is 1.74 bits per heavy atom. The minimum Gasteiger partial charge on any atom is -0.325 e. The number of rotatable bonds is 6. The standard InChI is InChI=1S/C23H20N6O2/c1-16-5-4-6-18(13-16)25-23(31)20-7-2-3-8-21(20)26-22(30)14-17-9-11-19(12-10-17)29-15-24-27-28-29/h2-13,15H,14H2,1H3,(H,25,31)(H,26,30). The molecule has 1 heterocycles. The number of nitrogens with zero attached hydrogens (tertiary/aromatic N) is 4. The molecule has 2 amide bonds. The fraction of sp³-hybridized carbons (Fsp3) is 0.0870. The molecule has 3 aromatic carbocycles. The summed E-state index contributed by atoms with van der Waals surface area (Å²) >= 11 is 0. The van der Waals surface area contributed by atoms with Crippen molar-refractivity contribution in [1.29, 1.82) is 0 Å². The van der Waals surface area contributed by atoms with Gasteiger partial charge in [0.15, 0.2) is 0 Å². The van der Waals surface area contributed by atoms with Crippen LogP contribution in [0.4, 0.5) is 11.4 Å². The molecule has 4 rings (SSSR count). The van der Waals surface area contributed by atoms with E-state index in [-0.39, 0.29) is 18.2 Å². The van der Waals surface area contributed by atoms with Crippen LogP contribution in [-0.4, -0.2) is 32.0 Å². The number of carbonyl (C=O) groups is 2. The summed E-state index contributed by atoms with van der Waals surface area (Å²) < 4.78 is 1.53. The maximum atomic E-state index is 12.8. The highest BCUT2D eigenvalue weighted by Gasteiger charge is 2.14. The zero-order valence-electron chi connectivity index (χ0n) is 16.8. The second-order valence-corrected chi connectivity index (χ2v) is 7.01. The average Bonchev–Trinajstić information content (AvgIpc) is 3.29. The fourth-order valence-electron chi connectivity index (χ4n) is 3.14. The molecule has 4 aromatic rings. The lowest BCUT2D eigenvalue weighted by atomic mass is 10.1. The van der Waals surface area contributed by atoms with E-state index >= 15 is 0 Å². The molecule has 0 aliphatic carbocycles. The molecule has 0 aliphatic heterocycles. The Morgan fingerprint density at radius 1 is 0.935 bits per heavy atom. The third kappa shape index (κ3) is 4.99. The molecule has 0 spiro atoms. The molecular weight excluding hydrogens is 392 g/mol. The summed E-state index contributed by atoms with van der Waals surface area (Å²) in [6.07, 6.45) is 1.67. The normalized spacial score (nSPS) is 10.5. The van der Waals surface area contributed by atoms with Crippen molar-refractivity contribution in [2.75, 3.05) is 10.6 Å². The summed E-state index contributed by atoms with van der Waals surface area (Å²) in [7, 11) is 0. The zero-order valence-corrected chi connectivity index (χ0v) is 16.8. The van der Waals surface area contributed by atoms with E-state index < -0.39 is 0 Å². The Bertz CT molecular complexity index is 1200. The number of hydrogen-bond acceptors (Lipinski definition) is 5. The van der Waals surface area contributed by atoms with Crippen molar-refractivity contribution in [2.24, 2.45) is 0 Å². The van der Waals surface area contributed by atoms with E-state index in [0.29, 0.717) is 16.9 Å². The van der Waals surface area contributed by atoms with Gasteiger partial charge in [-0.1, -0.05) is 36.4 Å². The summed E-state index contributed by atoms with van der Waals surface area (Å²) in [5.41, 5.74) is 4.23. The number of amides is 2. The molecular formula is C23H20N6O2. The first-order chi connectivity index (χ1) is 15.1. The van der Waals surface area contributed by atoms with E-state index in [1.807, 2.05) is 55.5 Å². The van der Waals surface area contributed by atoms with Crippen molar-refractivity contribution >= 4 is 23.2 Å². The molecule has 0 fully saturated rings. The Morgan fingerprint density at radius 3 is 2.48 bits per heavy atom. The van der Waals surface area contributed by atoms with Gasteiger partial charge in [0, 0.05) is 5.69 Å². The van der Waals surface area contributed by atoms with Crippen molar-refractivity contribution in [3.8, 4) is 5.69 Å². The van der Waals surface area contributed by atoms with Crippen LogP contribution in [0.2, 0.25) is 0 Å². The summed E-state index contributed by atoms with van der Waals surface area (Å²) in [6.45, 7) is 1.96. The fourth-order valence-corrected chi connectivity index (χ4v) is 3.14. The molecule has 1 aromatic heterocycles. The number of benzene rings is 3. The number of aryl methyl sites for hydroxylation is 1. The third-order valence-corrected chi connectivity index (χ3v) is 4.64. The number of nitrogens with one attached hydrogen (secondary N) is 2. The van der Waals surface area contributed by atoms with Crippen LogP contribution in [0, 0.1) is 6.92 Å². The second-order valence-electron chi connectivity index (χ2n) is 7.01. The first-order valence-corrected chi connectivity index (χ1v) is 9.68. The molecule has 0 saturated heterocycles. The van der Waals surface area contributed by atoms with Gasteiger partial charge >= 0.3 is 0 Å². The maximum Gasteiger partial charge on any atom is 0.257 e. The van der Waals surface area contributed by atoms with E-state index in [2.05, 4.69) is 26.2 Å². The largest absolute Gasteiger partial charge is 0.325 e. The van der Waals surface area contributed by atoms with Crippen molar-refractivity contribution in [1.82, 2.24) is 20.2 Å². The lowest BCUT2D eigenvalue weighted by molar-refractivity contribution is -0.115. The number of tetrazole rings is 1. The highest BCUT2D eigenvalue weighted by molar-refractivity contribution is 6.10. The van der Waals surface area contributed by atoms with Gasteiger partial charge in [0.1, 0.15) is 6.33 Å². The maximum absolute atomic E-state index is 12.8. The molecule has 0 radical (unpaired) electrons. The van der Waals surface area contributed by atoms with Crippen molar-refractivity contribution < 1.29 is 9.59 Å². The average molecular weight is 412 g/mol. The van der Waals surface area contributed by atoms with Crippen LogP contribution in [0.15, 0.2) is 79.1 Å². The van der Waals surface area contributed by atoms with Crippen LogP contribution in [-0.2, 0) is 11.2 Å². The Hall–Kier alpha value is -4.33. The molecule has 0 bridgehead atoms. The van der Waals surface area contributed by atoms with Crippen molar-refractivity contribution in [3.63, 3.8) is 0 Å². The topological polar surface area (TPSA) is 102 Å². The van der Waals surface area contributed by atoms with Crippen LogP contribution in [0.3, 0.4) is 0 Å². The summed E-state index contributed by atoms with van der Waals surface area (Å²) in [6, 6.07) is 21.8. The second kappa shape index (κ2) is 9.00. The van der Waals surface area contributed by atoms with E-state index in [0.717, 1.165) is 16.8 Å². The monoisotopic (exact) mass is 412 g/mol. The van der Waals surface area contributed by atoms with Gasteiger partial charge in [-0.2, -0.15) is 0 Å². The van der Waals surface area contributed by atoms with Crippen LogP contribution in [0.1, 0.15) is 21.5 Å². The minimum atomic E-state index is -0.285. The Balaban J connectivity index is 1.43. The minimum absolute atomic E-state index is 0.170. The highest BCUT2D eigenvalue weighted by atomic mass is 16.2. The molecule has 2 N–H and O–H groups in total. The summed E-state index contributed by atoms with van der Waals surface area (Å²) in [5.74, 6) is -0.502. The van der Waals surface area contributed by atoms with Gasteiger partial charge in [-0.3, -0.25) is 9.59 Å². The van der Waals surface area contributed by atoms with Gasteiger partial charge in [-0.05, 0) is 64.9 Å². The first-order valence-electron chi connectivity index (χ1n) is 9.68. The SMILES string of the molecule is Cc1cccc(NC(=O)c2ccccc2NC(=O)Cc2ccc(-n3cnnn3)cc2)c1. The third-order valence-electron chi connectivity index (χ3n) is 4.64. The predicted octanol–water partition coefficient (Wildman–Crippen LogP) is 3.40. The molecule has 154 valence electrons. The number of carbonyl (C=O) groups excluding carboxylic acids is 2. The predicted molar refractivity (Wildman–Crippen MR) is 117 cm³/mol. The number of anilines is 2. The lowest BCUT2D eigenvalue weighted by Gasteiger charge is -2.12. The van der Waals surface area contributed by atoms with Crippen LogP contribution in [0.25, 0.3) is 5.69 Å². The molecule has 0 unspecified atom stereocenters. The first kappa shape index (κ1) is 20.0. The van der Waals surface area contributed by atoms with Gasteiger partial charge in [-0.25, -0.2) is 4.68 Å². The van der Waals surface area contributed by atoms with E-state index in [1.54, 1.807) is 24.3 Å². The molecule has 0 atom stereocenters. The number of hydrogen-bond donors (Lipinski definition) is 2. The van der Waals surface area contributed by atoms with E-state index in [9.17, 15) is 9.59 Å². The summed E-state index contributed by atoms with van der Waals surface area (Å²) in [5, 5.41) is 16.8. The number of para-hydroxylation sites is 1. The Labute approximate surface area is 178 Å². The van der Waals surface area contributed by atoms with Crippen LogP contribution in [0.5, 0.6) is 0 Å². The van der Waals surface area contributed by atoms with Crippen molar-refractivity contribution in [3.05, 3.63) is 95.8 Å². The van der Waals surface area contributed by atoms with Gasteiger partial charge in [0.05, 0.1) is 23.4 Å². The zero-order chi connectivity index (χ0) is 21.6. The highest BCUT2D eigenvalue weighted by Crippen LogP contribution is 2.19. The molecule has 0 aliphatic rings. The van der Waals surface area contributed by atoms with Crippen LogP contribution < -0.4 is 10.6 Å². The van der Waals surface area contributed by atoms with Crippen molar-refractivity contribution in [2.45, 2.75) is 13.3 Å². The van der Waals surface area contributed by atoms with E-state index in [4.69, 9.17) is 0 Å². The molecule has 0 saturated carbocycles. The van der Waals surface area contributed by atoms with Gasteiger partial charge in [0.25, 0.3) is 5.91 Å².